The first kappa shape index (κ1) is 17.4. The molecule has 2 rings (SSSR count). The van der Waals surface area contributed by atoms with E-state index in [1.54, 1.807) is 24.0 Å². The lowest BCUT2D eigenvalue weighted by Crippen LogP contribution is -2.47. The number of amides is 2. The highest BCUT2D eigenvalue weighted by Crippen LogP contribution is 2.26. The molecular weight excluding hydrogens is 323 g/mol. The van der Waals surface area contributed by atoms with Gasteiger partial charge in [-0.15, -0.1) is 0 Å². The first-order valence-electron chi connectivity index (χ1n) is 7.57. The lowest BCUT2D eigenvalue weighted by molar-refractivity contribution is 0.0734. The molecule has 4 nitrogen and oxygen atoms in total. The van der Waals surface area contributed by atoms with Crippen LogP contribution < -0.4 is 5.32 Å². The van der Waals surface area contributed by atoms with Crippen LogP contribution in [-0.4, -0.2) is 35.2 Å². The summed E-state index contributed by atoms with van der Waals surface area (Å²) in [6.45, 7) is 4.98. The second-order valence-corrected chi connectivity index (χ2v) is 6.77. The molecular formula is C16H22Cl2N2O2. The van der Waals surface area contributed by atoms with E-state index in [1.165, 1.54) is 0 Å². The minimum atomic E-state index is -0.390. The van der Waals surface area contributed by atoms with Crippen molar-refractivity contribution >= 4 is 29.2 Å². The maximum absolute atomic E-state index is 12.4. The van der Waals surface area contributed by atoms with Gasteiger partial charge in [-0.25, -0.2) is 4.79 Å². The van der Waals surface area contributed by atoms with Gasteiger partial charge in [0.15, 0.2) is 0 Å². The fourth-order valence-corrected chi connectivity index (χ4v) is 3.37. The molecule has 0 aliphatic carbocycles. The van der Waals surface area contributed by atoms with Gasteiger partial charge in [-0.3, -0.25) is 0 Å². The number of piperidine rings is 1. The van der Waals surface area contributed by atoms with E-state index in [4.69, 9.17) is 23.2 Å². The van der Waals surface area contributed by atoms with Gasteiger partial charge in [0.25, 0.3) is 0 Å². The number of hydrogen-bond acceptors (Lipinski definition) is 2. The summed E-state index contributed by atoms with van der Waals surface area (Å²) in [5.74, 6) is 0.147. The molecule has 1 aromatic carbocycles. The van der Waals surface area contributed by atoms with Gasteiger partial charge < -0.3 is 15.3 Å². The van der Waals surface area contributed by atoms with Crippen molar-refractivity contribution in [3.63, 3.8) is 0 Å². The van der Waals surface area contributed by atoms with Gasteiger partial charge >= 0.3 is 6.03 Å². The third-order valence-corrected chi connectivity index (χ3v) is 4.76. The number of rotatable bonds is 3. The van der Waals surface area contributed by atoms with Crippen molar-refractivity contribution in [3.05, 3.63) is 33.8 Å². The monoisotopic (exact) mass is 344 g/mol. The molecule has 0 bridgehead atoms. The molecule has 1 heterocycles. The normalized spacial score (nSPS) is 21.3. The molecule has 6 heteroatoms. The fraction of sp³-hybridized carbons (Fsp3) is 0.562. The summed E-state index contributed by atoms with van der Waals surface area (Å²) in [5, 5.41) is 13.8. The molecule has 1 aromatic rings. The van der Waals surface area contributed by atoms with Crippen molar-refractivity contribution in [3.8, 4) is 0 Å². The summed E-state index contributed by atoms with van der Waals surface area (Å²) in [6.07, 6.45) is 1.48. The van der Waals surface area contributed by atoms with Crippen LogP contribution in [0.3, 0.4) is 0 Å². The smallest absolute Gasteiger partial charge is 0.317 e. The quantitative estimate of drug-likeness (QED) is 0.874. The van der Waals surface area contributed by atoms with E-state index in [0.29, 0.717) is 16.6 Å². The number of nitrogens with zero attached hydrogens (tertiary/aromatic N) is 1. The van der Waals surface area contributed by atoms with Crippen LogP contribution in [0.1, 0.15) is 38.3 Å². The number of likely N-dealkylation sites (tertiary alicyclic amines) is 1. The maximum Gasteiger partial charge on any atom is 0.317 e. The number of hydrogen-bond donors (Lipinski definition) is 2. The molecule has 0 saturated carbocycles. The lowest BCUT2D eigenvalue weighted by Gasteiger charge is -2.34. The molecule has 0 spiro atoms. The maximum atomic E-state index is 12.4. The van der Waals surface area contributed by atoms with Crippen molar-refractivity contribution in [2.45, 2.75) is 38.8 Å². The van der Waals surface area contributed by atoms with E-state index in [0.717, 1.165) is 24.9 Å². The van der Waals surface area contributed by atoms with E-state index >= 15 is 0 Å². The standard InChI is InChI=1S/C16H22Cl2N2O2/c1-10(14-6-5-13(17)8-15(14)18)19-16(22)20-7-3-4-12(9-20)11(2)21/h5-6,8,10-12,21H,3-4,7,9H2,1-2H3,(H,19,22). The zero-order valence-corrected chi connectivity index (χ0v) is 14.4. The summed E-state index contributed by atoms with van der Waals surface area (Å²) in [6, 6.07) is 4.93. The Bertz CT molecular complexity index is 537. The van der Waals surface area contributed by atoms with Crippen molar-refractivity contribution in [2.24, 2.45) is 5.92 Å². The molecule has 3 unspecified atom stereocenters. The number of aliphatic hydroxyl groups is 1. The SMILES string of the molecule is CC(NC(=O)N1CCCC(C(C)O)C1)c1ccc(Cl)cc1Cl. The first-order chi connectivity index (χ1) is 10.4. The van der Waals surface area contributed by atoms with Crippen molar-refractivity contribution in [2.75, 3.05) is 13.1 Å². The average Bonchev–Trinajstić information content (AvgIpc) is 2.47. The van der Waals surface area contributed by atoms with E-state index in [-0.39, 0.29) is 18.0 Å². The Morgan fingerprint density at radius 3 is 2.77 bits per heavy atom. The lowest BCUT2D eigenvalue weighted by atomic mass is 9.94. The van der Waals surface area contributed by atoms with Crippen LogP contribution in [0.25, 0.3) is 0 Å². The minimum Gasteiger partial charge on any atom is -0.393 e. The van der Waals surface area contributed by atoms with Gasteiger partial charge in [-0.05, 0) is 44.4 Å². The molecule has 1 aliphatic rings. The van der Waals surface area contributed by atoms with Crippen molar-refractivity contribution in [1.82, 2.24) is 10.2 Å². The van der Waals surface area contributed by atoms with Crippen LogP contribution in [0.15, 0.2) is 18.2 Å². The number of nitrogens with one attached hydrogen (secondary N) is 1. The van der Waals surface area contributed by atoms with Crippen molar-refractivity contribution < 1.29 is 9.90 Å². The minimum absolute atomic E-state index is 0.121. The van der Waals surface area contributed by atoms with Crippen LogP contribution in [-0.2, 0) is 0 Å². The zero-order valence-electron chi connectivity index (χ0n) is 12.9. The Kier molecular flexibility index (Phi) is 5.95. The van der Waals surface area contributed by atoms with Crippen LogP contribution >= 0.6 is 23.2 Å². The van der Waals surface area contributed by atoms with Crippen LogP contribution in [0.5, 0.6) is 0 Å². The highest BCUT2D eigenvalue weighted by atomic mass is 35.5. The third-order valence-electron chi connectivity index (χ3n) is 4.20. The summed E-state index contributed by atoms with van der Waals surface area (Å²) < 4.78 is 0. The summed E-state index contributed by atoms with van der Waals surface area (Å²) in [7, 11) is 0. The highest BCUT2D eigenvalue weighted by Gasteiger charge is 2.27. The summed E-state index contributed by atoms with van der Waals surface area (Å²) in [4.78, 5) is 14.2. The summed E-state index contributed by atoms with van der Waals surface area (Å²) in [5.41, 5.74) is 0.837. The topological polar surface area (TPSA) is 52.6 Å². The van der Waals surface area contributed by atoms with Gasteiger partial charge in [0.05, 0.1) is 12.1 Å². The van der Waals surface area contributed by atoms with E-state index in [9.17, 15) is 9.90 Å². The first-order valence-corrected chi connectivity index (χ1v) is 8.32. The second kappa shape index (κ2) is 7.53. The summed E-state index contributed by atoms with van der Waals surface area (Å²) >= 11 is 12.1. The van der Waals surface area contributed by atoms with Crippen LogP contribution in [0.4, 0.5) is 4.79 Å². The fourth-order valence-electron chi connectivity index (χ4n) is 2.80. The predicted octanol–water partition coefficient (Wildman–Crippen LogP) is 3.86. The Labute approximate surface area is 141 Å². The van der Waals surface area contributed by atoms with Crippen LogP contribution in [0, 0.1) is 5.92 Å². The highest BCUT2D eigenvalue weighted by molar-refractivity contribution is 6.35. The molecule has 2 amide bonds. The van der Waals surface area contributed by atoms with Gasteiger partial charge in [0, 0.05) is 29.1 Å². The Morgan fingerprint density at radius 2 is 2.14 bits per heavy atom. The molecule has 0 aromatic heterocycles. The largest absolute Gasteiger partial charge is 0.393 e. The molecule has 2 N–H and O–H groups in total. The van der Waals surface area contributed by atoms with E-state index < -0.39 is 6.10 Å². The second-order valence-electron chi connectivity index (χ2n) is 5.93. The third kappa shape index (κ3) is 4.28. The van der Waals surface area contributed by atoms with Crippen LogP contribution in [0.2, 0.25) is 10.0 Å². The van der Waals surface area contributed by atoms with E-state index in [2.05, 4.69) is 5.32 Å². The average molecular weight is 345 g/mol. The molecule has 3 atom stereocenters. The van der Waals surface area contributed by atoms with E-state index in [1.807, 2.05) is 13.0 Å². The number of carbonyl (C=O) groups is 1. The van der Waals surface area contributed by atoms with Gasteiger partial charge in [-0.1, -0.05) is 29.3 Å². The number of benzene rings is 1. The number of urea groups is 1. The molecule has 122 valence electrons. The van der Waals surface area contributed by atoms with Gasteiger partial charge in [0.2, 0.25) is 0 Å². The molecule has 0 radical (unpaired) electrons. The predicted molar refractivity (Wildman–Crippen MR) is 89.4 cm³/mol. The number of aliphatic hydroxyl groups excluding tert-OH is 1. The van der Waals surface area contributed by atoms with Crippen molar-refractivity contribution in [1.29, 1.82) is 0 Å². The van der Waals surface area contributed by atoms with Gasteiger partial charge in [0.1, 0.15) is 0 Å². The molecule has 1 saturated heterocycles. The zero-order chi connectivity index (χ0) is 16.3. The molecule has 22 heavy (non-hydrogen) atoms. The molecule has 1 fully saturated rings. The number of carbonyl (C=O) groups excluding carboxylic acids is 1. The molecule has 1 aliphatic heterocycles. The number of halogens is 2. The van der Waals surface area contributed by atoms with Gasteiger partial charge in [-0.2, -0.15) is 0 Å². The Hall–Kier alpha value is -0.970. The Balaban J connectivity index is 1.98. The Morgan fingerprint density at radius 1 is 1.41 bits per heavy atom.